The molecule has 1 heterocycles. The third kappa shape index (κ3) is 4.71. The van der Waals surface area contributed by atoms with Gasteiger partial charge in [-0.15, -0.1) is 12.4 Å². The fraction of sp³-hybridized carbons (Fsp3) is 0.471. The average Bonchev–Trinajstić information content (AvgIpc) is 2.53. The van der Waals surface area contributed by atoms with Crippen molar-refractivity contribution in [2.75, 3.05) is 39.6 Å². The third-order valence-corrected chi connectivity index (χ3v) is 4.12. The molecular weight excluding hydrogens is 344 g/mol. The van der Waals surface area contributed by atoms with E-state index in [0.717, 1.165) is 36.5 Å². The molecule has 140 valence electrons. The number of hydrogen-bond acceptors (Lipinski definition) is 6. The lowest BCUT2D eigenvalue weighted by molar-refractivity contribution is -0.990. The molecule has 0 saturated carbocycles. The molecule has 1 unspecified atom stereocenters. The van der Waals surface area contributed by atoms with E-state index < -0.39 is 5.23 Å². The summed E-state index contributed by atoms with van der Waals surface area (Å²) in [5.41, 5.74) is 3.46. The first-order valence-corrected chi connectivity index (χ1v) is 7.96. The molecule has 25 heavy (non-hydrogen) atoms. The van der Waals surface area contributed by atoms with E-state index in [-0.39, 0.29) is 18.1 Å². The van der Waals surface area contributed by atoms with E-state index in [1.807, 2.05) is 27.9 Å². The molecule has 0 fully saturated rings. The fourth-order valence-corrected chi connectivity index (χ4v) is 2.73. The maximum absolute atomic E-state index is 11.7. The number of pyridine rings is 1. The number of quaternary nitrogens is 1. The van der Waals surface area contributed by atoms with Gasteiger partial charge in [0.25, 0.3) is 0 Å². The summed E-state index contributed by atoms with van der Waals surface area (Å²) in [6.45, 7) is 5.60. The normalized spacial score (nSPS) is 12.2. The van der Waals surface area contributed by atoms with Crippen molar-refractivity contribution >= 4 is 34.7 Å². The molecule has 0 bridgehead atoms. The van der Waals surface area contributed by atoms with Crippen molar-refractivity contribution < 1.29 is 15.2 Å². The first-order valence-electron chi connectivity index (χ1n) is 7.96. The predicted molar refractivity (Wildman–Crippen MR) is 102 cm³/mol. The van der Waals surface area contributed by atoms with Crippen LogP contribution < -0.4 is 15.3 Å². The Morgan fingerprint density at radius 1 is 1.32 bits per heavy atom. The Morgan fingerprint density at radius 2 is 2.00 bits per heavy atom. The number of nitrogens with one attached hydrogen (secondary N) is 2. The summed E-state index contributed by atoms with van der Waals surface area (Å²) in [4.78, 5) is 6.69. The molecule has 1 aromatic heterocycles. The highest BCUT2D eigenvalue weighted by Gasteiger charge is 2.19. The van der Waals surface area contributed by atoms with Crippen LogP contribution in [-0.4, -0.2) is 49.4 Å². The number of methoxy groups -OCH3 is 1. The minimum absolute atomic E-state index is 0. The Morgan fingerprint density at radius 3 is 2.56 bits per heavy atom. The number of ether oxygens (including phenoxy) is 1. The second kappa shape index (κ2) is 9.17. The van der Waals surface area contributed by atoms with Gasteiger partial charge in [0.15, 0.2) is 5.69 Å². The second-order valence-corrected chi connectivity index (χ2v) is 6.12. The number of halogens is 1. The van der Waals surface area contributed by atoms with Gasteiger partial charge in [-0.05, 0) is 52.5 Å². The minimum Gasteiger partial charge on any atom is -0.595 e. The molecule has 0 saturated heterocycles. The SMILES string of the molecule is COc1ccc([NH+]([O-])O)c2c(NCCCN(C)C)c(C)c(C)nc12.Cl. The van der Waals surface area contributed by atoms with Gasteiger partial charge in [0, 0.05) is 18.3 Å². The Balaban J connectivity index is 0.00000312. The van der Waals surface area contributed by atoms with Crippen molar-refractivity contribution in [2.45, 2.75) is 20.3 Å². The highest BCUT2D eigenvalue weighted by Crippen LogP contribution is 2.36. The Kier molecular flexibility index (Phi) is 7.85. The van der Waals surface area contributed by atoms with E-state index in [0.29, 0.717) is 16.7 Å². The van der Waals surface area contributed by atoms with Crippen molar-refractivity contribution in [3.05, 3.63) is 28.6 Å². The molecule has 0 aliphatic rings. The molecule has 0 aliphatic carbocycles. The van der Waals surface area contributed by atoms with Gasteiger partial charge in [-0.3, -0.25) is 0 Å². The molecule has 8 heteroatoms. The first-order chi connectivity index (χ1) is 11.4. The van der Waals surface area contributed by atoms with Gasteiger partial charge in [0.1, 0.15) is 11.3 Å². The Hall–Kier alpha value is -1.64. The number of rotatable bonds is 7. The molecule has 2 aromatic rings. The van der Waals surface area contributed by atoms with E-state index in [1.54, 1.807) is 19.2 Å². The van der Waals surface area contributed by atoms with E-state index in [9.17, 15) is 10.4 Å². The van der Waals surface area contributed by atoms with Gasteiger partial charge in [-0.1, -0.05) is 0 Å². The smallest absolute Gasteiger partial charge is 0.175 e. The Labute approximate surface area is 154 Å². The van der Waals surface area contributed by atoms with Gasteiger partial charge < -0.3 is 20.2 Å². The van der Waals surface area contributed by atoms with Crippen molar-refractivity contribution in [1.82, 2.24) is 9.88 Å². The van der Waals surface area contributed by atoms with Crippen LogP contribution in [0.15, 0.2) is 12.1 Å². The topological polar surface area (TPSA) is 85.1 Å². The molecule has 2 rings (SSSR count). The van der Waals surface area contributed by atoms with Crippen molar-refractivity contribution in [3.8, 4) is 5.75 Å². The van der Waals surface area contributed by atoms with Crippen LogP contribution in [0.4, 0.5) is 11.4 Å². The lowest BCUT2D eigenvalue weighted by Gasteiger charge is -2.20. The summed E-state index contributed by atoms with van der Waals surface area (Å²) in [6, 6.07) is 3.23. The van der Waals surface area contributed by atoms with Crippen molar-refractivity contribution in [1.29, 1.82) is 0 Å². The molecular formula is C17H27ClN4O3. The van der Waals surface area contributed by atoms with E-state index >= 15 is 0 Å². The van der Waals surface area contributed by atoms with Crippen molar-refractivity contribution in [2.24, 2.45) is 0 Å². The maximum atomic E-state index is 11.7. The van der Waals surface area contributed by atoms with E-state index in [1.165, 1.54) is 0 Å². The second-order valence-electron chi connectivity index (χ2n) is 6.12. The highest BCUT2D eigenvalue weighted by molar-refractivity contribution is 6.03. The molecule has 0 amide bonds. The van der Waals surface area contributed by atoms with Gasteiger partial charge >= 0.3 is 0 Å². The van der Waals surface area contributed by atoms with Crippen LogP contribution in [0.1, 0.15) is 17.7 Å². The highest BCUT2D eigenvalue weighted by atomic mass is 35.5. The van der Waals surface area contributed by atoms with Gasteiger partial charge in [-0.25, -0.2) is 10.2 Å². The molecule has 0 radical (unpaired) electrons. The number of hydrogen-bond donors (Lipinski definition) is 3. The zero-order valence-corrected chi connectivity index (χ0v) is 16.2. The van der Waals surface area contributed by atoms with Crippen LogP contribution >= 0.6 is 12.4 Å². The van der Waals surface area contributed by atoms with E-state index in [4.69, 9.17) is 4.74 Å². The molecule has 0 aliphatic heterocycles. The minimum atomic E-state index is -0.968. The lowest BCUT2D eigenvalue weighted by atomic mass is 10.0. The number of aromatic nitrogens is 1. The first kappa shape index (κ1) is 21.4. The largest absolute Gasteiger partial charge is 0.595 e. The summed E-state index contributed by atoms with van der Waals surface area (Å²) in [5.74, 6) is 0.578. The number of aryl methyl sites for hydroxylation is 1. The summed E-state index contributed by atoms with van der Waals surface area (Å²) in [6.07, 6.45) is 0.960. The lowest BCUT2D eigenvalue weighted by Crippen LogP contribution is -2.99. The van der Waals surface area contributed by atoms with Crippen LogP contribution in [-0.2, 0) is 0 Å². The standard InChI is InChI=1S/C17H26N4O3.ClH/c1-11-12(2)19-17-14(24-5)8-7-13(21(22)23)15(17)16(11)18-9-6-10-20(3)4;/h7-8,21-22H,6,9-10H2,1-5H3,(H,18,19);1H. The third-order valence-electron chi connectivity index (χ3n) is 4.12. The monoisotopic (exact) mass is 370 g/mol. The summed E-state index contributed by atoms with van der Waals surface area (Å²) in [7, 11) is 5.63. The molecule has 1 aromatic carbocycles. The summed E-state index contributed by atoms with van der Waals surface area (Å²) in [5, 5.41) is 24.3. The van der Waals surface area contributed by atoms with Crippen LogP contribution in [0.3, 0.4) is 0 Å². The molecule has 1 atom stereocenters. The summed E-state index contributed by atoms with van der Waals surface area (Å²) >= 11 is 0. The van der Waals surface area contributed by atoms with Crippen LogP contribution in [0.25, 0.3) is 10.9 Å². The number of fused-ring (bicyclic) bond motifs is 1. The number of anilines is 1. The molecule has 0 spiro atoms. The van der Waals surface area contributed by atoms with Crippen LogP contribution in [0, 0.1) is 19.1 Å². The quantitative estimate of drug-likeness (QED) is 0.511. The van der Waals surface area contributed by atoms with Crippen molar-refractivity contribution in [3.63, 3.8) is 0 Å². The van der Waals surface area contributed by atoms with Gasteiger partial charge in [-0.2, -0.15) is 5.23 Å². The van der Waals surface area contributed by atoms with E-state index in [2.05, 4.69) is 15.2 Å². The predicted octanol–water partition coefficient (Wildman–Crippen LogP) is 2.05. The Bertz CT molecular complexity index is 723. The average molecular weight is 371 g/mol. The van der Waals surface area contributed by atoms with Crippen LogP contribution in [0.5, 0.6) is 5.75 Å². The summed E-state index contributed by atoms with van der Waals surface area (Å²) < 4.78 is 5.38. The zero-order valence-electron chi connectivity index (χ0n) is 15.3. The number of benzene rings is 1. The van der Waals surface area contributed by atoms with Gasteiger partial charge in [0.2, 0.25) is 0 Å². The fourth-order valence-electron chi connectivity index (χ4n) is 2.73. The van der Waals surface area contributed by atoms with Gasteiger partial charge in [0.05, 0.1) is 18.2 Å². The number of nitrogens with zero attached hydrogens (tertiary/aromatic N) is 2. The molecule has 3 N–H and O–H groups in total. The zero-order chi connectivity index (χ0) is 17.9. The van der Waals surface area contributed by atoms with Crippen LogP contribution in [0.2, 0.25) is 0 Å². The maximum Gasteiger partial charge on any atom is 0.175 e. The molecule has 7 nitrogen and oxygen atoms in total.